The maximum atomic E-state index is 9.17. The van der Waals surface area contributed by atoms with Crippen LogP contribution < -0.4 is 0 Å². The van der Waals surface area contributed by atoms with E-state index in [1.807, 2.05) is 0 Å². The highest BCUT2D eigenvalue weighted by Gasteiger charge is 2.27. The lowest BCUT2D eigenvalue weighted by Gasteiger charge is -2.34. The summed E-state index contributed by atoms with van der Waals surface area (Å²) in [4.78, 5) is 0. The third-order valence-electron chi connectivity index (χ3n) is 3.04. The Bertz CT molecular complexity index is 300. The zero-order valence-corrected chi connectivity index (χ0v) is 10.5. The van der Waals surface area contributed by atoms with Crippen LogP contribution in [0.15, 0.2) is 12.1 Å². The smallest absolute Gasteiger partial charge is 0.0450 e. The molecule has 0 amide bonds. The second-order valence-electron chi connectivity index (χ2n) is 5.38. The molecule has 1 heterocycles. The van der Waals surface area contributed by atoms with Crippen molar-refractivity contribution in [1.82, 2.24) is 4.57 Å². The number of hydrogen-bond donors (Lipinski definition) is 1. The molecule has 0 fully saturated rings. The Hall–Kier alpha value is -0.760. The predicted octanol–water partition coefficient (Wildman–Crippen LogP) is 3.07. The van der Waals surface area contributed by atoms with Gasteiger partial charge >= 0.3 is 0 Å². The van der Waals surface area contributed by atoms with Gasteiger partial charge in [-0.1, -0.05) is 20.8 Å². The molecule has 1 aromatic heterocycles. The summed E-state index contributed by atoms with van der Waals surface area (Å²) in [5.74, 6) is 0. The van der Waals surface area contributed by atoms with Crippen LogP contribution in [0.4, 0.5) is 0 Å². The Morgan fingerprint density at radius 2 is 1.67 bits per heavy atom. The van der Waals surface area contributed by atoms with Crippen molar-refractivity contribution in [1.29, 1.82) is 0 Å². The van der Waals surface area contributed by atoms with Crippen molar-refractivity contribution in [3.63, 3.8) is 0 Å². The molecule has 2 heteroatoms. The number of rotatable bonds is 3. The lowest BCUT2D eigenvalue weighted by atomic mass is 9.84. The quantitative estimate of drug-likeness (QED) is 0.813. The van der Waals surface area contributed by atoms with Gasteiger partial charge in [-0.25, -0.2) is 0 Å². The maximum Gasteiger partial charge on any atom is 0.0450 e. The molecule has 0 spiro atoms. The SMILES string of the molecule is Cc1ccc(C)n1C(CCO)C(C)(C)C. The molecule has 0 radical (unpaired) electrons. The highest BCUT2D eigenvalue weighted by molar-refractivity contribution is 5.15. The van der Waals surface area contributed by atoms with Gasteiger partial charge in [0.1, 0.15) is 0 Å². The van der Waals surface area contributed by atoms with E-state index in [4.69, 9.17) is 5.11 Å². The van der Waals surface area contributed by atoms with Crippen molar-refractivity contribution in [2.24, 2.45) is 5.41 Å². The van der Waals surface area contributed by atoms with Gasteiger partial charge < -0.3 is 9.67 Å². The molecule has 2 nitrogen and oxygen atoms in total. The molecule has 0 saturated carbocycles. The first-order chi connectivity index (χ1) is 6.88. The van der Waals surface area contributed by atoms with Gasteiger partial charge in [0.05, 0.1) is 0 Å². The van der Waals surface area contributed by atoms with Crippen LogP contribution in [-0.2, 0) is 0 Å². The van der Waals surface area contributed by atoms with Crippen LogP contribution in [0.1, 0.15) is 44.6 Å². The van der Waals surface area contributed by atoms with Gasteiger partial charge in [0.15, 0.2) is 0 Å². The number of hydrogen-bond acceptors (Lipinski definition) is 1. The molecule has 1 N–H and O–H groups in total. The summed E-state index contributed by atoms with van der Waals surface area (Å²) >= 11 is 0. The fraction of sp³-hybridized carbons (Fsp3) is 0.692. The second-order valence-corrected chi connectivity index (χ2v) is 5.38. The van der Waals surface area contributed by atoms with Crippen LogP contribution in [0, 0.1) is 19.3 Å². The summed E-state index contributed by atoms with van der Waals surface area (Å²) in [5, 5.41) is 9.17. The van der Waals surface area contributed by atoms with Crippen LogP contribution in [-0.4, -0.2) is 16.3 Å². The molecular weight excluding hydrogens is 186 g/mol. The van der Waals surface area contributed by atoms with Crippen molar-refractivity contribution in [2.45, 2.75) is 47.1 Å². The summed E-state index contributed by atoms with van der Waals surface area (Å²) in [5.41, 5.74) is 2.74. The Labute approximate surface area is 92.9 Å². The number of aromatic nitrogens is 1. The van der Waals surface area contributed by atoms with Gasteiger partial charge in [-0.2, -0.15) is 0 Å². The number of aryl methyl sites for hydroxylation is 2. The van der Waals surface area contributed by atoms with Gasteiger partial charge in [0.25, 0.3) is 0 Å². The van der Waals surface area contributed by atoms with E-state index >= 15 is 0 Å². The Kier molecular flexibility index (Phi) is 3.61. The van der Waals surface area contributed by atoms with Crippen LogP contribution in [0.3, 0.4) is 0 Å². The van der Waals surface area contributed by atoms with E-state index in [9.17, 15) is 0 Å². The third kappa shape index (κ3) is 2.63. The molecule has 1 rings (SSSR count). The van der Waals surface area contributed by atoms with Crippen molar-refractivity contribution >= 4 is 0 Å². The fourth-order valence-corrected chi connectivity index (χ4v) is 2.24. The molecule has 0 bridgehead atoms. The van der Waals surface area contributed by atoms with Crippen molar-refractivity contribution in [3.8, 4) is 0 Å². The van der Waals surface area contributed by atoms with Crippen LogP contribution in [0.25, 0.3) is 0 Å². The summed E-state index contributed by atoms with van der Waals surface area (Å²) < 4.78 is 2.34. The average Bonchev–Trinajstić information content (AvgIpc) is 2.41. The molecule has 1 atom stereocenters. The summed E-state index contributed by atoms with van der Waals surface area (Å²) in [6.07, 6.45) is 0.819. The lowest BCUT2D eigenvalue weighted by molar-refractivity contribution is 0.175. The molecule has 86 valence electrons. The monoisotopic (exact) mass is 209 g/mol. The Morgan fingerprint density at radius 3 is 2.00 bits per heavy atom. The highest BCUT2D eigenvalue weighted by Crippen LogP contribution is 2.35. The van der Waals surface area contributed by atoms with Gasteiger partial charge in [0.2, 0.25) is 0 Å². The van der Waals surface area contributed by atoms with Crippen LogP contribution in [0.5, 0.6) is 0 Å². The van der Waals surface area contributed by atoms with E-state index in [2.05, 4.69) is 51.3 Å². The van der Waals surface area contributed by atoms with E-state index in [-0.39, 0.29) is 12.0 Å². The molecule has 0 aliphatic rings. The number of aliphatic hydroxyl groups excluding tert-OH is 1. The van der Waals surface area contributed by atoms with Crippen LogP contribution in [0.2, 0.25) is 0 Å². The first-order valence-corrected chi connectivity index (χ1v) is 5.63. The standard InChI is InChI=1S/C13H23NO/c1-10-6-7-11(2)14(10)12(8-9-15)13(3,4)5/h6-7,12,15H,8-9H2,1-5H3. The summed E-state index contributed by atoms with van der Waals surface area (Å²) in [6, 6.07) is 4.66. The molecule has 0 aliphatic heterocycles. The first kappa shape index (κ1) is 12.3. The normalized spacial score (nSPS) is 14.3. The van der Waals surface area contributed by atoms with Gasteiger partial charge in [-0.05, 0) is 37.8 Å². The van der Waals surface area contributed by atoms with Gasteiger partial charge in [-0.3, -0.25) is 0 Å². The van der Waals surface area contributed by atoms with E-state index in [0.717, 1.165) is 6.42 Å². The Morgan fingerprint density at radius 1 is 1.20 bits per heavy atom. The highest BCUT2D eigenvalue weighted by atomic mass is 16.3. The minimum Gasteiger partial charge on any atom is -0.396 e. The molecule has 1 aromatic rings. The molecule has 0 aromatic carbocycles. The first-order valence-electron chi connectivity index (χ1n) is 5.63. The lowest BCUT2D eigenvalue weighted by Crippen LogP contribution is -2.26. The van der Waals surface area contributed by atoms with Crippen molar-refractivity contribution < 1.29 is 5.11 Å². The minimum atomic E-state index is 0.178. The van der Waals surface area contributed by atoms with Gasteiger partial charge in [-0.15, -0.1) is 0 Å². The Balaban J connectivity index is 3.10. The average molecular weight is 209 g/mol. The summed E-state index contributed by atoms with van der Waals surface area (Å²) in [7, 11) is 0. The third-order valence-corrected chi connectivity index (χ3v) is 3.04. The molecule has 1 unspecified atom stereocenters. The topological polar surface area (TPSA) is 25.2 Å². The zero-order valence-electron chi connectivity index (χ0n) is 10.5. The fourth-order valence-electron chi connectivity index (χ4n) is 2.24. The molecule has 0 saturated heterocycles. The zero-order chi connectivity index (χ0) is 11.6. The van der Waals surface area contributed by atoms with E-state index in [1.54, 1.807) is 0 Å². The van der Waals surface area contributed by atoms with E-state index in [0.29, 0.717) is 6.04 Å². The van der Waals surface area contributed by atoms with Gasteiger partial charge in [0, 0.05) is 24.0 Å². The van der Waals surface area contributed by atoms with E-state index < -0.39 is 0 Å². The molecule has 0 aliphatic carbocycles. The van der Waals surface area contributed by atoms with Crippen molar-refractivity contribution in [2.75, 3.05) is 6.61 Å². The van der Waals surface area contributed by atoms with E-state index in [1.165, 1.54) is 11.4 Å². The number of nitrogens with zero attached hydrogens (tertiary/aromatic N) is 1. The molecule has 15 heavy (non-hydrogen) atoms. The summed E-state index contributed by atoms with van der Waals surface area (Å²) in [6.45, 7) is 11.2. The molecular formula is C13H23NO. The second kappa shape index (κ2) is 4.40. The minimum absolute atomic E-state index is 0.178. The predicted molar refractivity (Wildman–Crippen MR) is 64.1 cm³/mol. The number of aliphatic hydroxyl groups is 1. The maximum absolute atomic E-state index is 9.17. The largest absolute Gasteiger partial charge is 0.396 e. The van der Waals surface area contributed by atoms with Crippen molar-refractivity contribution in [3.05, 3.63) is 23.5 Å². The van der Waals surface area contributed by atoms with Crippen LogP contribution >= 0.6 is 0 Å².